The van der Waals surface area contributed by atoms with Gasteiger partial charge in [-0.25, -0.2) is 4.98 Å². The lowest BCUT2D eigenvalue weighted by atomic mass is 10.2. The van der Waals surface area contributed by atoms with E-state index in [-0.39, 0.29) is 5.82 Å². The summed E-state index contributed by atoms with van der Waals surface area (Å²) in [7, 11) is 3.72. The Bertz CT molecular complexity index is 1090. The molecule has 0 radical (unpaired) electrons. The topological polar surface area (TPSA) is 107 Å². The van der Waals surface area contributed by atoms with Gasteiger partial charge in [0, 0.05) is 32.2 Å². The number of pyridine rings is 1. The van der Waals surface area contributed by atoms with E-state index in [4.69, 9.17) is 14.5 Å². The quantitative estimate of drug-likeness (QED) is 0.361. The van der Waals surface area contributed by atoms with E-state index in [1.807, 2.05) is 24.3 Å². The third-order valence-corrected chi connectivity index (χ3v) is 6.14. The molecule has 0 spiro atoms. The minimum absolute atomic E-state index is 0.197. The summed E-state index contributed by atoms with van der Waals surface area (Å²) in [6.45, 7) is 3.89. The Morgan fingerprint density at radius 1 is 1.06 bits per heavy atom. The molecule has 172 valence electrons. The van der Waals surface area contributed by atoms with Gasteiger partial charge in [0.2, 0.25) is 11.8 Å². The third kappa shape index (κ3) is 5.88. The van der Waals surface area contributed by atoms with Crippen molar-refractivity contribution >= 4 is 23.5 Å². The van der Waals surface area contributed by atoms with Gasteiger partial charge in [0.1, 0.15) is 12.4 Å². The maximum absolute atomic E-state index is 10.9. The van der Waals surface area contributed by atoms with Crippen molar-refractivity contribution in [2.75, 3.05) is 45.2 Å². The highest BCUT2D eigenvalue weighted by molar-refractivity contribution is 7.99. The van der Waals surface area contributed by atoms with Crippen molar-refractivity contribution in [3.8, 4) is 11.6 Å². The molecule has 0 N–H and O–H groups in total. The van der Waals surface area contributed by atoms with Gasteiger partial charge in [0.15, 0.2) is 6.20 Å². The van der Waals surface area contributed by atoms with Gasteiger partial charge in [0.25, 0.3) is 0 Å². The number of likely N-dealkylation sites (N-methyl/N-ethyl adjacent to an activating group) is 1. The molecule has 0 aliphatic carbocycles. The van der Waals surface area contributed by atoms with E-state index < -0.39 is 4.92 Å². The first-order chi connectivity index (χ1) is 16.0. The van der Waals surface area contributed by atoms with Crippen molar-refractivity contribution in [2.24, 2.45) is 0 Å². The summed E-state index contributed by atoms with van der Waals surface area (Å²) in [6.07, 6.45) is 3.19. The Kier molecular flexibility index (Phi) is 7.20. The molecule has 4 rings (SSSR count). The Hall–Kier alpha value is -3.44. The summed E-state index contributed by atoms with van der Waals surface area (Å²) in [5.41, 5.74) is 0.975. The van der Waals surface area contributed by atoms with Crippen molar-refractivity contribution in [3.63, 3.8) is 0 Å². The predicted octanol–water partition coefficient (Wildman–Crippen LogP) is 3.27. The number of ether oxygens (including phenoxy) is 2. The molecular formula is C22H24N6O4S. The Labute approximate surface area is 195 Å². The van der Waals surface area contributed by atoms with Gasteiger partial charge in [0.05, 0.1) is 23.1 Å². The van der Waals surface area contributed by atoms with Crippen LogP contribution in [-0.4, -0.2) is 65.1 Å². The molecule has 1 saturated heterocycles. The maximum atomic E-state index is 10.9. The molecule has 0 amide bonds. The average Bonchev–Trinajstić information content (AvgIpc) is 2.84. The van der Waals surface area contributed by atoms with Crippen LogP contribution in [0.25, 0.3) is 0 Å². The summed E-state index contributed by atoms with van der Waals surface area (Å²) in [4.78, 5) is 29.3. The van der Waals surface area contributed by atoms with E-state index in [1.54, 1.807) is 19.4 Å². The number of benzene rings is 1. The number of piperazine rings is 1. The molecule has 11 heteroatoms. The minimum atomic E-state index is -0.522. The van der Waals surface area contributed by atoms with Crippen LogP contribution in [0.4, 0.5) is 11.8 Å². The fourth-order valence-corrected chi connectivity index (χ4v) is 4.01. The second kappa shape index (κ2) is 10.5. The smallest absolute Gasteiger partial charge is 0.363 e. The molecule has 0 saturated carbocycles. The molecule has 1 aliphatic heterocycles. The standard InChI is InChI=1S/C22H24N6O4S/c1-26-9-11-27(12-10-26)22-24-14-19(33-18-7-8-20(23-13-18)28(29)30)21(25-22)32-15-16-3-5-17(31-2)6-4-16/h3-8,13-14H,9-12,15H2,1-2H3. The van der Waals surface area contributed by atoms with E-state index in [0.29, 0.717) is 23.3 Å². The normalized spacial score (nSPS) is 14.2. The number of nitro groups is 1. The zero-order valence-corrected chi connectivity index (χ0v) is 19.2. The molecule has 3 heterocycles. The fourth-order valence-electron chi connectivity index (χ4n) is 3.22. The highest BCUT2D eigenvalue weighted by atomic mass is 32.2. The Morgan fingerprint density at radius 2 is 1.82 bits per heavy atom. The zero-order valence-electron chi connectivity index (χ0n) is 18.4. The number of methoxy groups -OCH3 is 1. The molecule has 10 nitrogen and oxygen atoms in total. The summed E-state index contributed by atoms with van der Waals surface area (Å²) < 4.78 is 11.3. The molecule has 0 unspecified atom stereocenters. The highest BCUT2D eigenvalue weighted by Crippen LogP contribution is 2.35. The van der Waals surface area contributed by atoms with E-state index in [0.717, 1.165) is 42.4 Å². The van der Waals surface area contributed by atoms with Gasteiger partial charge < -0.3 is 29.4 Å². The van der Waals surface area contributed by atoms with Crippen molar-refractivity contribution in [1.29, 1.82) is 0 Å². The van der Waals surface area contributed by atoms with Crippen LogP contribution in [0.2, 0.25) is 0 Å². The summed E-state index contributed by atoms with van der Waals surface area (Å²) >= 11 is 1.35. The number of hydrogen-bond donors (Lipinski definition) is 0. The van der Waals surface area contributed by atoms with Crippen LogP contribution in [0.1, 0.15) is 5.56 Å². The summed E-state index contributed by atoms with van der Waals surface area (Å²) in [5.74, 6) is 1.66. The Morgan fingerprint density at radius 3 is 2.45 bits per heavy atom. The van der Waals surface area contributed by atoms with E-state index in [2.05, 4.69) is 26.8 Å². The van der Waals surface area contributed by atoms with E-state index in [1.165, 1.54) is 24.0 Å². The van der Waals surface area contributed by atoms with Crippen LogP contribution in [0.3, 0.4) is 0 Å². The molecule has 33 heavy (non-hydrogen) atoms. The largest absolute Gasteiger partial charge is 0.497 e. The van der Waals surface area contributed by atoms with E-state index in [9.17, 15) is 10.1 Å². The number of rotatable bonds is 8. The van der Waals surface area contributed by atoms with Gasteiger partial charge in [-0.2, -0.15) is 4.98 Å². The van der Waals surface area contributed by atoms with Crippen LogP contribution < -0.4 is 14.4 Å². The van der Waals surface area contributed by atoms with Crippen LogP contribution in [0.15, 0.2) is 58.6 Å². The van der Waals surface area contributed by atoms with Crippen LogP contribution in [-0.2, 0) is 6.61 Å². The number of hydrogen-bond acceptors (Lipinski definition) is 10. The number of nitrogens with zero attached hydrogens (tertiary/aromatic N) is 6. The van der Waals surface area contributed by atoms with Gasteiger partial charge in [-0.3, -0.25) is 0 Å². The van der Waals surface area contributed by atoms with Crippen LogP contribution >= 0.6 is 11.8 Å². The molecular weight excluding hydrogens is 444 g/mol. The third-order valence-electron chi connectivity index (χ3n) is 5.17. The first-order valence-electron chi connectivity index (χ1n) is 10.4. The SMILES string of the molecule is COc1ccc(COc2nc(N3CCN(C)CC3)ncc2Sc2ccc([N+](=O)[O-])nc2)cc1. The lowest BCUT2D eigenvalue weighted by Crippen LogP contribution is -2.45. The lowest BCUT2D eigenvalue weighted by molar-refractivity contribution is -0.389. The van der Waals surface area contributed by atoms with Gasteiger partial charge in [-0.05, 0) is 40.7 Å². The van der Waals surface area contributed by atoms with Crippen molar-refractivity contribution in [3.05, 3.63) is 64.5 Å². The second-order valence-electron chi connectivity index (χ2n) is 7.48. The zero-order chi connectivity index (χ0) is 23.2. The van der Waals surface area contributed by atoms with Crippen molar-refractivity contribution in [1.82, 2.24) is 19.9 Å². The molecule has 1 aliphatic rings. The van der Waals surface area contributed by atoms with Crippen molar-refractivity contribution in [2.45, 2.75) is 16.4 Å². The highest BCUT2D eigenvalue weighted by Gasteiger charge is 2.20. The number of anilines is 1. The van der Waals surface area contributed by atoms with Gasteiger partial charge in [-0.1, -0.05) is 23.9 Å². The first-order valence-corrected chi connectivity index (χ1v) is 11.2. The lowest BCUT2D eigenvalue weighted by Gasteiger charge is -2.32. The molecule has 1 aromatic carbocycles. The monoisotopic (exact) mass is 468 g/mol. The first kappa shape index (κ1) is 22.7. The minimum Gasteiger partial charge on any atom is -0.497 e. The summed E-state index contributed by atoms with van der Waals surface area (Å²) in [6, 6.07) is 10.7. The maximum Gasteiger partial charge on any atom is 0.363 e. The van der Waals surface area contributed by atoms with Gasteiger partial charge in [-0.15, -0.1) is 0 Å². The van der Waals surface area contributed by atoms with Crippen LogP contribution in [0, 0.1) is 10.1 Å². The molecule has 1 fully saturated rings. The van der Waals surface area contributed by atoms with Gasteiger partial charge >= 0.3 is 5.82 Å². The Balaban J connectivity index is 1.56. The predicted molar refractivity (Wildman–Crippen MR) is 124 cm³/mol. The van der Waals surface area contributed by atoms with Crippen molar-refractivity contribution < 1.29 is 14.4 Å². The molecule has 2 aromatic heterocycles. The molecule has 0 bridgehead atoms. The number of aromatic nitrogens is 3. The summed E-state index contributed by atoms with van der Waals surface area (Å²) in [5, 5.41) is 10.9. The van der Waals surface area contributed by atoms with Crippen LogP contribution in [0.5, 0.6) is 11.6 Å². The van der Waals surface area contributed by atoms with E-state index >= 15 is 0 Å². The average molecular weight is 469 g/mol. The molecule has 3 aromatic rings. The second-order valence-corrected chi connectivity index (χ2v) is 8.59. The fraction of sp³-hybridized carbons (Fsp3) is 0.318. The molecule has 0 atom stereocenters.